The summed E-state index contributed by atoms with van der Waals surface area (Å²) in [5, 5.41) is 3.28. The summed E-state index contributed by atoms with van der Waals surface area (Å²) in [5.41, 5.74) is 0.0591. The Kier molecular flexibility index (Phi) is 4.48. The summed E-state index contributed by atoms with van der Waals surface area (Å²) >= 11 is 0. The molecule has 0 atom stereocenters. The van der Waals surface area contributed by atoms with Crippen molar-refractivity contribution < 1.29 is 18.0 Å². The van der Waals surface area contributed by atoms with Crippen LogP contribution in [-0.4, -0.2) is 48.1 Å². The Balaban J connectivity index is 1.61. The van der Waals surface area contributed by atoms with Crippen LogP contribution >= 0.6 is 0 Å². The van der Waals surface area contributed by atoms with Crippen molar-refractivity contribution in [3.05, 3.63) is 35.4 Å². The lowest BCUT2D eigenvalue weighted by Gasteiger charge is -2.31. The smallest absolute Gasteiger partial charge is 0.320 e. The van der Waals surface area contributed by atoms with Gasteiger partial charge in [-0.2, -0.15) is 13.2 Å². The molecule has 2 amide bonds. The summed E-state index contributed by atoms with van der Waals surface area (Å²) in [6, 6.07) is 5.31. The Morgan fingerprint density at radius 2 is 1.74 bits per heavy atom. The minimum atomic E-state index is -4.33. The van der Waals surface area contributed by atoms with Gasteiger partial charge in [-0.05, 0) is 43.6 Å². The maximum Gasteiger partial charge on any atom is 0.416 e. The van der Waals surface area contributed by atoms with Crippen LogP contribution in [0.1, 0.15) is 24.0 Å². The second kappa shape index (κ2) is 6.39. The van der Waals surface area contributed by atoms with Crippen LogP contribution in [0.5, 0.6) is 0 Å². The molecule has 0 bridgehead atoms. The van der Waals surface area contributed by atoms with E-state index >= 15 is 0 Å². The van der Waals surface area contributed by atoms with E-state index in [1.165, 1.54) is 12.1 Å². The zero-order chi connectivity index (χ0) is 16.4. The average Bonchev–Trinajstić information content (AvgIpc) is 2.89. The molecule has 1 aromatic rings. The molecule has 0 radical (unpaired) electrons. The van der Waals surface area contributed by atoms with Crippen LogP contribution in [0.25, 0.3) is 0 Å². The van der Waals surface area contributed by atoms with Crippen LogP contribution in [-0.2, 0) is 12.7 Å². The fourth-order valence-electron chi connectivity index (χ4n) is 3.22. The topological polar surface area (TPSA) is 35.6 Å². The number of carbonyl (C=O) groups excluding carboxylic acids is 1. The predicted molar refractivity (Wildman–Crippen MR) is 79.8 cm³/mol. The number of amides is 2. The molecule has 3 rings (SSSR count). The summed E-state index contributed by atoms with van der Waals surface area (Å²) in [6.07, 6.45) is -2.41. The maximum atomic E-state index is 12.6. The first-order valence-electron chi connectivity index (χ1n) is 7.87. The molecule has 126 valence electrons. The highest BCUT2D eigenvalue weighted by atomic mass is 19.4. The number of urea groups is 1. The molecule has 4 nitrogen and oxygen atoms in total. The van der Waals surface area contributed by atoms with E-state index in [0.717, 1.165) is 43.6 Å². The van der Waals surface area contributed by atoms with Crippen LogP contribution < -0.4 is 5.32 Å². The van der Waals surface area contributed by atoms with Crippen molar-refractivity contribution in [2.75, 3.05) is 26.2 Å². The molecule has 7 heteroatoms. The molecule has 1 aromatic carbocycles. The highest BCUT2D eigenvalue weighted by Crippen LogP contribution is 2.29. The van der Waals surface area contributed by atoms with E-state index in [0.29, 0.717) is 19.6 Å². The van der Waals surface area contributed by atoms with Gasteiger partial charge in [0.2, 0.25) is 0 Å². The SMILES string of the molecule is O=C1N(Cc2ccc(C(F)(F)F)cc2)CCN1C1CCNCC1. The van der Waals surface area contributed by atoms with E-state index in [2.05, 4.69) is 5.32 Å². The van der Waals surface area contributed by atoms with Gasteiger partial charge in [-0.15, -0.1) is 0 Å². The molecular formula is C16H20F3N3O. The first-order valence-corrected chi connectivity index (χ1v) is 7.87. The van der Waals surface area contributed by atoms with Gasteiger partial charge in [0.25, 0.3) is 0 Å². The highest BCUT2D eigenvalue weighted by Gasteiger charge is 2.34. The van der Waals surface area contributed by atoms with Gasteiger partial charge in [-0.3, -0.25) is 0 Å². The van der Waals surface area contributed by atoms with Gasteiger partial charge in [0.15, 0.2) is 0 Å². The minimum Gasteiger partial charge on any atom is -0.320 e. The molecule has 1 N–H and O–H groups in total. The third-order valence-corrected chi connectivity index (χ3v) is 4.53. The molecule has 2 saturated heterocycles. The number of piperidine rings is 1. The molecule has 0 unspecified atom stereocenters. The van der Waals surface area contributed by atoms with Crippen molar-refractivity contribution in [1.82, 2.24) is 15.1 Å². The van der Waals surface area contributed by atoms with E-state index in [4.69, 9.17) is 0 Å². The normalized spacial score (nSPS) is 20.4. The zero-order valence-electron chi connectivity index (χ0n) is 12.8. The molecule has 2 heterocycles. The number of carbonyl (C=O) groups is 1. The van der Waals surface area contributed by atoms with E-state index < -0.39 is 11.7 Å². The third kappa shape index (κ3) is 3.60. The van der Waals surface area contributed by atoms with Gasteiger partial charge in [0.05, 0.1) is 5.56 Å². The monoisotopic (exact) mass is 327 g/mol. The maximum absolute atomic E-state index is 12.6. The van der Waals surface area contributed by atoms with Crippen LogP contribution in [0, 0.1) is 0 Å². The van der Waals surface area contributed by atoms with E-state index in [-0.39, 0.29) is 12.1 Å². The molecule has 23 heavy (non-hydrogen) atoms. The van der Waals surface area contributed by atoms with Gasteiger partial charge in [-0.1, -0.05) is 12.1 Å². The van der Waals surface area contributed by atoms with Gasteiger partial charge >= 0.3 is 12.2 Å². The number of alkyl halides is 3. The standard InChI is InChI=1S/C16H20F3N3O/c17-16(18,19)13-3-1-12(2-4-13)11-21-9-10-22(15(21)23)14-5-7-20-8-6-14/h1-4,14,20H,5-11H2. The third-order valence-electron chi connectivity index (χ3n) is 4.53. The van der Waals surface area contributed by atoms with Gasteiger partial charge in [0, 0.05) is 25.7 Å². The Morgan fingerprint density at radius 3 is 2.35 bits per heavy atom. The highest BCUT2D eigenvalue weighted by molar-refractivity contribution is 5.77. The molecule has 0 aromatic heterocycles. The number of nitrogens with zero attached hydrogens (tertiary/aromatic N) is 2. The van der Waals surface area contributed by atoms with E-state index in [1.807, 2.05) is 4.90 Å². The van der Waals surface area contributed by atoms with Crippen molar-refractivity contribution in [3.8, 4) is 0 Å². The first kappa shape index (κ1) is 16.1. The Hall–Kier alpha value is -1.76. The number of hydrogen-bond donors (Lipinski definition) is 1. The quantitative estimate of drug-likeness (QED) is 0.926. The lowest BCUT2D eigenvalue weighted by molar-refractivity contribution is -0.137. The van der Waals surface area contributed by atoms with Gasteiger partial charge in [0.1, 0.15) is 0 Å². The second-order valence-electron chi connectivity index (χ2n) is 6.07. The van der Waals surface area contributed by atoms with Gasteiger partial charge < -0.3 is 15.1 Å². The molecular weight excluding hydrogens is 307 g/mol. The number of benzene rings is 1. The lowest BCUT2D eigenvalue weighted by Crippen LogP contribution is -2.45. The van der Waals surface area contributed by atoms with Crippen LogP contribution in [0.15, 0.2) is 24.3 Å². The fourth-order valence-corrected chi connectivity index (χ4v) is 3.22. The van der Waals surface area contributed by atoms with Crippen molar-refractivity contribution in [3.63, 3.8) is 0 Å². The first-order chi connectivity index (χ1) is 10.9. The lowest BCUT2D eigenvalue weighted by atomic mass is 10.1. The summed E-state index contributed by atoms with van der Waals surface area (Å²) in [7, 11) is 0. The molecule has 0 spiro atoms. The summed E-state index contributed by atoms with van der Waals surface area (Å²) in [5.74, 6) is 0. The summed E-state index contributed by atoms with van der Waals surface area (Å²) < 4.78 is 37.7. The van der Waals surface area contributed by atoms with Crippen molar-refractivity contribution >= 4 is 6.03 Å². The largest absolute Gasteiger partial charge is 0.416 e. The second-order valence-corrected chi connectivity index (χ2v) is 6.07. The molecule has 2 aliphatic rings. The van der Waals surface area contributed by atoms with E-state index in [1.54, 1.807) is 4.90 Å². The van der Waals surface area contributed by atoms with E-state index in [9.17, 15) is 18.0 Å². The number of halogens is 3. The number of nitrogens with one attached hydrogen (secondary N) is 1. The predicted octanol–water partition coefficient (Wildman–Crippen LogP) is 2.70. The fraction of sp³-hybridized carbons (Fsp3) is 0.562. The molecule has 0 aliphatic carbocycles. The van der Waals surface area contributed by atoms with Gasteiger partial charge in [-0.25, -0.2) is 4.79 Å². The summed E-state index contributed by atoms with van der Waals surface area (Å²) in [4.78, 5) is 16.1. The molecule has 2 aliphatic heterocycles. The van der Waals surface area contributed by atoms with Crippen LogP contribution in [0.2, 0.25) is 0 Å². The van der Waals surface area contributed by atoms with Crippen LogP contribution in [0.4, 0.5) is 18.0 Å². The van der Waals surface area contributed by atoms with Crippen LogP contribution in [0.3, 0.4) is 0 Å². The minimum absolute atomic E-state index is 0.00296. The molecule has 2 fully saturated rings. The number of rotatable bonds is 3. The number of hydrogen-bond acceptors (Lipinski definition) is 2. The van der Waals surface area contributed by atoms with Crippen molar-refractivity contribution in [2.24, 2.45) is 0 Å². The zero-order valence-corrected chi connectivity index (χ0v) is 12.8. The Morgan fingerprint density at radius 1 is 1.09 bits per heavy atom. The summed E-state index contributed by atoms with van der Waals surface area (Å²) in [6.45, 7) is 3.53. The molecule has 0 saturated carbocycles. The Bertz CT molecular complexity index is 553. The Labute approximate surface area is 133 Å². The van der Waals surface area contributed by atoms with Crippen molar-refractivity contribution in [1.29, 1.82) is 0 Å². The van der Waals surface area contributed by atoms with Crippen molar-refractivity contribution in [2.45, 2.75) is 31.6 Å². The average molecular weight is 327 g/mol.